The lowest BCUT2D eigenvalue weighted by molar-refractivity contribution is -0.0875. The minimum absolute atomic E-state index is 0.245. The molecule has 0 unspecified atom stereocenters. The number of hydrogen-bond acceptors (Lipinski definition) is 6. The molecule has 0 saturated carbocycles. The first kappa shape index (κ1) is 20.1. The maximum atomic E-state index is 13.8. The molecule has 2 aromatic rings. The Labute approximate surface area is 137 Å². The zero-order valence-corrected chi connectivity index (χ0v) is 13.7. The Morgan fingerprint density at radius 2 is 1.96 bits per heavy atom. The summed E-state index contributed by atoms with van der Waals surface area (Å²) < 4.78 is 54.1. The van der Waals surface area contributed by atoms with Crippen molar-refractivity contribution in [1.82, 2.24) is 14.8 Å². The summed E-state index contributed by atoms with van der Waals surface area (Å²) in [5, 5.41) is 24.0. The van der Waals surface area contributed by atoms with Crippen LogP contribution in [0.15, 0.2) is 30.9 Å². The molecule has 2 rings (SSSR count). The van der Waals surface area contributed by atoms with Crippen LogP contribution in [0.4, 0.5) is 8.78 Å². The normalized spacial score (nSPS) is 15.1. The third-order valence-corrected chi connectivity index (χ3v) is 2.96. The predicted octanol–water partition coefficient (Wildman–Crippen LogP) is 0.329. The summed E-state index contributed by atoms with van der Waals surface area (Å²) in [5.74, 6) is -1.50. The van der Waals surface area contributed by atoms with Crippen LogP contribution in [0.25, 0.3) is 0 Å². The quantitative estimate of drug-likeness (QED) is 0.667. The number of hydrogen-bond donors (Lipinski definition) is 3. The second-order valence-corrected chi connectivity index (χ2v) is 6.52. The molecular formula is C13H17F2N3O5S. The molecule has 0 bridgehead atoms. The van der Waals surface area contributed by atoms with Gasteiger partial charge in [-0.25, -0.2) is 18.4 Å². The van der Waals surface area contributed by atoms with Crippen LogP contribution in [0.5, 0.6) is 0 Å². The highest BCUT2D eigenvalue weighted by Gasteiger charge is 2.38. The van der Waals surface area contributed by atoms with Gasteiger partial charge in [-0.1, -0.05) is 0 Å². The van der Waals surface area contributed by atoms with E-state index in [1.807, 2.05) is 0 Å². The number of aliphatic hydroxyl groups excluding tert-OH is 1. The lowest BCUT2D eigenvalue weighted by Gasteiger charge is -2.31. The number of rotatable bonds is 4. The van der Waals surface area contributed by atoms with Crippen molar-refractivity contribution in [3.8, 4) is 0 Å². The Morgan fingerprint density at radius 1 is 1.38 bits per heavy atom. The van der Waals surface area contributed by atoms with Gasteiger partial charge in [0.05, 0.1) is 18.9 Å². The van der Waals surface area contributed by atoms with Gasteiger partial charge in [0.25, 0.3) is 10.1 Å². The first-order valence-corrected chi connectivity index (χ1v) is 8.39. The molecule has 11 heteroatoms. The molecule has 1 heterocycles. The van der Waals surface area contributed by atoms with Crippen molar-refractivity contribution in [3.05, 3.63) is 48.1 Å². The Bertz CT molecular complexity index is 760. The highest BCUT2D eigenvalue weighted by Crippen LogP contribution is 2.29. The molecule has 0 spiro atoms. The van der Waals surface area contributed by atoms with Crippen molar-refractivity contribution in [2.45, 2.75) is 25.2 Å². The third-order valence-electron chi connectivity index (χ3n) is 2.96. The van der Waals surface area contributed by atoms with Crippen LogP contribution < -0.4 is 0 Å². The van der Waals surface area contributed by atoms with Gasteiger partial charge in [0.2, 0.25) is 0 Å². The maximum absolute atomic E-state index is 13.8. The number of aliphatic hydroxyl groups is 2. The second kappa shape index (κ2) is 7.75. The van der Waals surface area contributed by atoms with Crippen LogP contribution in [0.3, 0.4) is 0 Å². The fourth-order valence-electron chi connectivity index (χ4n) is 1.83. The van der Waals surface area contributed by atoms with Crippen molar-refractivity contribution in [2.75, 3.05) is 6.26 Å². The van der Waals surface area contributed by atoms with Gasteiger partial charge in [0.15, 0.2) is 0 Å². The van der Waals surface area contributed by atoms with Crippen molar-refractivity contribution in [1.29, 1.82) is 0 Å². The minimum Gasteiger partial charge on any atom is -0.390 e. The molecule has 3 N–H and O–H groups in total. The second-order valence-electron chi connectivity index (χ2n) is 5.05. The van der Waals surface area contributed by atoms with Crippen molar-refractivity contribution in [2.24, 2.45) is 0 Å². The van der Waals surface area contributed by atoms with Crippen molar-refractivity contribution >= 4 is 10.1 Å². The van der Waals surface area contributed by atoms with Gasteiger partial charge in [-0.3, -0.25) is 4.55 Å². The topological polar surface area (TPSA) is 126 Å². The van der Waals surface area contributed by atoms with Crippen LogP contribution >= 0.6 is 0 Å². The molecule has 2 atom stereocenters. The molecular weight excluding hydrogens is 348 g/mol. The summed E-state index contributed by atoms with van der Waals surface area (Å²) in [4.78, 5) is 3.69. The summed E-state index contributed by atoms with van der Waals surface area (Å²) in [6.45, 7) is 1.05. The van der Waals surface area contributed by atoms with Crippen LogP contribution in [-0.4, -0.2) is 50.3 Å². The summed E-state index contributed by atoms with van der Waals surface area (Å²) in [5.41, 5.74) is -2.32. The van der Waals surface area contributed by atoms with Gasteiger partial charge < -0.3 is 10.2 Å². The monoisotopic (exact) mass is 365 g/mol. The van der Waals surface area contributed by atoms with Crippen molar-refractivity contribution < 1.29 is 32.0 Å². The first-order valence-electron chi connectivity index (χ1n) is 6.54. The van der Waals surface area contributed by atoms with E-state index in [0.717, 1.165) is 18.2 Å². The molecule has 24 heavy (non-hydrogen) atoms. The van der Waals surface area contributed by atoms with Gasteiger partial charge in [-0.2, -0.15) is 13.5 Å². The highest BCUT2D eigenvalue weighted by molar-refractivity contribution is 7.85. The molecule has 0 aliphatic carbocycles. The fourth-order valence-corrected chi connectivity index (χ4v) is 1.83. The summed E-state index contributed by atoms with van der Waals surface area (Å²) in [6.07, 6.45) is 1.94. The Kier molecular flexibility index (Phi) is 6.49. The van der Waals surface area contributed by atoms with E-state index in [1.165, 1.54) is 24.3 Å². The molecule has 0 amide bonds. The Hall–Kier alpha value is -1.95. The lowest BCUT2D eigenvalue weighted by Crippen LogP contribution is -2.42. The Balaban J connectivity index is 0.000000505. The molecule has 1 aromatic carbocycles. The van der Waals surface area contributed by atoms with E-state index in [0.29, 0.717) is 6.26 Å². The maximum Gasteiger partial charge on any atom is 0.261 e. The van der Waals surface area contributed by atoms with E-state index in [1.54, 1.807) is 0 Å². The van der Waals surface area contributed by atoms with Gasteiger partial charge in [-0.15, -0.1) is 0 Å². The average Bonchev–Trinajstić information content (AvgIpc) is 2.92. The van der Waals surface area contributed by atoms with E-state index in [2.05, 4.69) is 10.1 Å². The fraction of sp³-hybridized carbons (Fsp3) is 0.385. The SMILES string of the molecule is CS(=O)(=O)O.C[C@@H](O)[C@](O)(Cn1cncn1)c1cc(F)ccc1F. The van der Waals surface area contributed by atoms with E-state index in [-0.39, 0.29) is 12.1 Å². The van der Waals surface area contributed by atoms with Crippen LogP contribution in [-0.2, 0) is 22.3 Å². The molecule has 0 saturated heterocycles. The van der Waals surface area contributed by atoms with Gasteiger partial charge in [0, 0.05) is 5.56 Å². The third kappa shape index (κ3) is 5.92. The lowest BCUT2D eigenvalue weighted by atomic mass is 9.88. The molecule has 0 fully saturated rings. The highest BCUT2D eigenvalue weighted by atomic mass is 32.2. The molecule has 134 valence electrons. The number of aromatic nitrogens is 3. The van der Waals surface area contributed by atoms with E-state index in [9.17, 15) is 27.4 Å². The smallest absolute Gasteiger partial charge is 0.261 e. The van der Waals surface area contributed by atoms with Crippen LogP contribution in [0, 0.1) is 11.6 Å². The van der Waals surface area contributed by atoms with Gasteiger partial charge in [-0.05, 0) is 25.1 Å². The van der Waals surface area contributed by atoms with E-state index in [4.69, 9.17) is 4.55 Å². The molecule has 0 radical (unpaired) electrons. The largest absolute Gasteiger partial charge is 0.390 e. The molecule has 1 aromatic heterocycles. The minimum atomic E-state index is -3.67. The van der Waals surface area contributed by atoms with Crippen LogP contribution in [0.1, 0.15) is 12.5 Å². The Morgan fingerprint density at radius 3 is 2.42 bits per heavy atom. The number of benzene rings is 1. The first-order chi connectivity index (χ1) is 10.9. The summed E-state index contributed by atoms with van der Waals surface area (Å²) >= 11 is 0. The standard InChI is InChI=1S/C12H13F2N3O2.CH4O3S/c1-8(18)12(19,5-17-7-15-6-16-17)10-4-9(13)2-3-11(10)14;1-5(2,3)4/h2-4,6-8,18-19H,5H2,1H3;1H3,(H,2,3,4)/t8-,12-;/m1./s1. The zero-order chi connectivity index (χ0) is 18.5. The summed E-state index contributed by atoms with van der Waals surface area (Å²) in [7, 11) is -3.67. The molecule has 8 nitrogen and oxygen atoms in total. The van der Waals surface area contributed by atoms with Gasteiger partial charge >= 0.3 is 0 Å². The van der Waals surface area contributed by atoms with E-state index < -0.39 is 33.5 Å². The zero-order valence-electron chi connectivity index (χ0n) is 12.8. The van der Waals surface area contributed by atoms with E-state index >= 15 is 0 Å². The van der Waals surface area contributed by atoms with Crippen LogP contribution in [0.2, 0.25) is 0 Å². The van der Waals surface area contributed by atoms with Gasteiger partial charge in [0.1, 0.15) is 29.9 Å². The summed E-state index contributed by atoms with van der Waals surface area (Å²) in [6, 6.07) is 2.70. The molecule has 0 aliphatic heterocycles. The molecule has 0 aliphatic rings. The number of nitrogens with zero attached hydrogens (tertiary/aromatic N) is 3. The number of halogens is 2. The average molecular weight is 365 g/mol. The van der Waals surface area contributed by atoms with Crippen molar-refractivity contribution in [3.63, 3.8) is 0 Å². The predicted molar refractivity (Wildman–Crippen MR) is 79.4 cm³/mol.